The van der Waals surface area contributed by atoms with Crippen LogP contribution in [0.4, 0.5) is 4.79 Å². The zero-order valence-electron chi connectivity index (χ0n) is 27.9. The Balaban J connectivity index is 0.951. The van der Waals surface area contributed by atoms with E-state index in [4.69, 9.17) is 9.47 Å². The first-order valence-electron chi connectivity index (χ1n) is 17.9. The number of hydrogen-bond acceptors (Lipinski definition) is 5. The molecule has 3 N–H and O–H groups in total. The van der Waals surface area contributed by atoms with Crippen LogP contribution < -0.4 is 10.6 Å². The molecule has 2 amide bonds. The Morgan fingerprint density at radius 3 is 2.14 bits per heavy atom. The maximum Gasteiger partial charge on any atom is 0.315 e. The van der Waals surface area contributed by atoms with Gasteiger partial charge in [0, 0.05) is 34.7 Å². The Kier molecular flexibility index (Phi) is 9.52. The SMILES string of the molecule is O=C(NCc1cccc(-c2cccc([C@@H]3O[C@H](CSc4ccccc4)C[C@H](c4ccc(CO)cc4)O3)c2)c1)NC12CC3CC(CC(C3)C1)C2. The minimum absolute atomic E-state index is 0.00545. The van der Waals surface area contributed by atoms with Gasteiger partial charge in [0.2, 0.25) is 0 Å². The summed E-state index contributed by atoms with van der Waals surface area (Å²) < 4.78 is 13.3. The number of thioether (sulfide) groups is 1. The fourth-order valence-corrected chi connectivity index (χ4v) is 10.1. The molecule has 254 valence electrons. The number of aliphatic hydroxyl groups is 1. The molecule has 4 saturated carbocycles. The van der Waals surface area contributed by atoms with E-state index in [1.54, 1.807) is 11.8 Å². The average Bonchev–Trinajstić information content (AvgIpc) is 3.13. The molecule has 0 unspecified atom stereocenters. The first-order chi connectivity index (χ1) is 24.0. The highest BCUT2D eigenvalue weighted by atomic mass is 32.2. The van der Waals surface area contributed by atoms with Gasteiger partial charge in [-0.15, -0.1) is 11.8 Å². The van der Waals surface area contributed by atoms with Crippen LogP contribution in [0.2, 0.25) is 0 Å². The molecule has 1 aliphatic heterocycles. The van der Waals surface area contributed by atoms with Crippen LogP contribution in [0.1, 0.15) is 79.6 Å². The quantitative estimate of drug-likeness (QED) is 0.146. The number of urea groups is 1. The first kappa shape index (κ1) is 32.6. The summed E-state index contributed by atoms with van der Waals surface area (Å²) in [5, 5.41) is 16.2. The van der Waals surface area contributed by atoms with E-state index in [-0.39, 0.29) is 30.4 Å². The van der Waals surface area contributed by atoms with Crippen LogP contribution in [0, 0.1) is 17.8 Å². The lowest BCUT2D eigenvalue weighted by Crippen LogP contribution is -2.61. The molecule has 1 heterocycles. The molecule has 4 aromatic carbocycles. The van der Waals surface area contributed by atoms with Gasteiger partial charge in [-0.2, -0.15) is 0 Å². The van der Waals surface area contributed by atoms with Gasteiger partial charge in [-0.25, -0.2) is 4.79 Å². The number of aliphatic hydroxyl groups excluding tert-OH is 1. The molecule has 5 aliphatic rings. The van der Waals surface area contributed by atoms with Crippen LogP contribution in [-0.4, -0.2) is 28.5 Å². The molecule has 6 nitrogen and oxygen atoms in total. The minimum atomic E-state index is -0.518. The van der Waals surface area contributed by atoms with Gasteiger partial charge >= 0.3 is 6.03 Å². The summed E-state index contributed by atoms with van der Waals surface area (Å²) in [7, 11) is 0. The van der Waals surface area contributed by atoms with Crippen molar-refractivity contribution < 1.29 is 19.4 Å². The van der Waals surface area contributed by atoms with E-state index in [9.17, 15) is 9.90 Å². The van der Waals surface area contributed by atoms with E-state index in [0.29, 0.717) is 6.54 Å². The van der Waals surface area contributed by atoms with Crippen molar-refractivity contribution in [2.45, 2.75) is 87.0 Å². The van der Waals surface area contributed by atoms with E-state index < -0.39 is 6.29 Å². The zero-order chi connectivity index (χ0) is 33.2. The van der Waals surface area contributed by atoms with Gasteiger partial charge in [-0.1, -0.05) is 78.9 Å². The number of carbonyl (C=O) groups excluding carboxylic acids is 1. The Morgan fingerprint density at radius 1 is 0.735 bits per heavy atom. The van der Waals surface area contributed by atoms with Crippen molar-refractivity contribution >= 4 is 17.8 Å². The fourth-order valence-electron chi connectivity index (χ4n) is 9.19. The maximum absolute atomic E-state index is 13.1. The third kappa shape index (κ3) is 7.60. The van der Waals surface area contributed by atoms with Gasteiger partial charge in [0.1, 0.15) is 0 Å². The van der Waals surface area contributed by atoms with E-state index in [2.05, 4.69) is 95.6 Å². The molecule has 4 aliphatic carbocycles. The van der Waals surface area contributed by atoms with Gasteiger partial charge < -0.3 is 25.2 Å². The van der Waals surface area contributed by atoms with Crippen molar-refractivity contribution in [3.05, 3.63) is 125 Å². The second-order valence-corrected chi connectivity index (χ2v) is 15.9. The summed E-state index contributed by atoms with van der Waals surface area (Å²) in [5.41, 5.74) is 6.19. The van der Waals surface area contributed by atoms with Gasteiger partial charge in [0.25, 0.3) is 0 Å². The Hall–Kier alpha value is -3.62. The molecule has 4 bridgehead atoms. The van der Waals surface area contributed by atoms with Crippen molar-refractivity contribution in [3.8, 4) is 11.1 Å². The zero-order valence-corrected chi connectivity index (χ0v) is 28.7. The number of amides is 2. The van der Waals surface area contributed by atoms with Crippen molar-refractivity contribution in [2.75, 3.05) is 5.75 Å². The van der Waals surface area contributed by atoms with Crippen LogP contribution in [0.3, 0.4) is 0 Å². The maximum atomic E-state index is 13.1. The highest BCUT2D eigenvalue weighted by Gasteiger charge is 2.51. The number of hydrogen-bond donors (Lipinski definition) is 3. The standard InChI is InChI=1S/C42H46N2O4S/c45-26-28-12-14-33(15-13-28)39-21-37(27-49-38-10-2-1-3-11-38)47-40(48-39)36-9-5-8-35(20-36)34-7-4-6-29(19-34)25-43-41(46)44-42-22-30-16-31(23-42)18-32(17-30)24-42/h1-15,19-20,30-32,37,39-40,45H,16-18,21-27H2,(H2,43,44,46)/t30?,31?,32?,37-,39+,40+,42?/m0/s1. The van der Waals surface area contributed by atoms with E-state index in [1.807, 2.05) is 18.2 Å². The predicted molar refractivity (Wildman–Crippen MR) is 194 cm³/mol. The summed E-state index contributed by atoms with van der Waals surface area (Å²) in [6.07, 6.45) is 7.64. The van der Waals surface area contributed by atoms with Crippen molar-refractivity contribution in [1.82, 2.24) is 10.6 Å². The Labute approximate surface area is 294 Å². The molecule has 49 heavy (non-hydrogen) atoms. The van der Waals surface area contributed by atoms with E-state index in [1.165, 1.54) is 24.2 Å². The second kappa shape index (κ2) is 14.3. The summed E-state index contributed by atoms with van der Waals surface area (Å²) in [5.74, 6) is 3.21. The number of nitrogens with one attached hydrogen (secondary N) is 2. The summed E-state index contributed by atoms with van der Waals surface area (Å²) in [6, 6.07) is 35.3. The summed E-state index contributed by atoms with van der Waals surface area (Å²) >= 11 is 1.80. The molecular weight excluding hydrogens is 629 g/mol. The lowest BCUT2D eigenvalue weighted by Gasteiger charge is -2.56. The smallest absolute Gasteiger partial charge is 0.315 e. The number of carbonyl (C=O) groups is 1. The van der Waals surface area contributed by atoms with Crippen molar-refractivity contribution in [1.29, 1.82) is 0 Å². The van der Waals surface area contributed by atoms with Crippen LogP contribution in [-0.2, 0) is 22.6 Å². The topological polar surface area (TPSA) is 79.8 Å². The van der Waals surface area contributed by atoms with Crippen LogP contribution in [0.15, 0.2) is 108 Å². The largest absolute Gasteiger partial charge is 0.392 e. The molecule has 5 fully saturated rings. The lowest BCUT2D eigenvalue weighted by molar-refractivity contribution is -0.245. The first-order valence-corrected chi connectivity index (χ1v) is 18.9. The second-order valence-electron chi connectivity index (χ2n) is 14.8. The molecular formula is C42H46N2O4S. The molecule has 0 aromatic heterocycles. The average molecular weight is 675 g/mol. The van der Waals surface area contributed by atoms with Crippen molar-refractivity contribution in [2.24, 2.45) is 17.8 Å². The van der Waals surface area contributed by atoms with E-state index >= 15 is 0 Å². The van der Waals surface area contributed by atoms with Crippen LogP contribution in [0.25, 0.3) is 11.1 Å². The fraction of sp³-hybridized carbons (Fsp3) is 0.405. The minimum Gasteiger partial charge on any atom is -0.392 e. The van der Waals surface area contributed by atoms with Gasteiger partial charge in [-0.3, -0.25) is 0 Å². The van der Waals surface area contributed by atoms with Gasteiger partial charge in [0.05, 0.1) is 18.8 Å². The molecule has 9 rings (SSSR count). The normalized spacial score (nSPS) is 28.7. The number of rotatable bonds is 10. The summed E-state index contributed by atoms with van der Waals surface area (Å²) in [4.78, 5) is 14.3. The van der Waals surface area contributed by atoms with Crippen LogP contribution in [0.5, 0.6) is 0 Å². The molecule has 4 aromatic rings. The van der Waals surface area contributed by atoms with E-state index in [0.717, 1.165) is 82.6 Å². The molecule has 0 radical (unpaired) electrons. The monoisotopic (exact) mass is 674 g/mol. The summed E-state index contributed by atoms with van der Waals surface area (Å²) in [6.45, 7) is 0.505. The highest BCUT2D eigenvalue weighted by Crippen LogP contribution is 2.55. The highest BCUT2D eigenvalue weighted by molar-refractivity contribution is 7.99. The van der Waals surface area contributed by atoms with Gasteiger partial charge in [0.15, 0.2) is 6.29 Å². The number of benzene rings is 4. The lowest BCUT2D eigenvalue weighted by atomic mass is 9.53. The molecule has 3 atom stereocenters. The Morgan fingerprint density at radius 2 is 1.43 bits per heavy atom. The third-order valence-electron chi connectivity index (χ3n) is 11.1. The van der Waals surface area contributed by atoms with Crippen LogP contribution >= 0.6 is 11.8 Å². The van der Waals surface area contributed by atoms with Crippen molar-refractivity contribution in [3.63, 3.8) is 0 Å². The Bertz CT molecular complexity index is 1710. The molecule has 0 spiro atoms. The molecule has 1 saturated heterocycles. The van der Waals surface area contributed by atoms with Gasteiger partial charge in [-0.05, 0) is 108 Å². The predicted octanol–water partition coefficient (Wildman–Crippen LogP) is 8.95. The number of ether oxygens (including phenoxy) is 2. The third-order valence-corrected chi connectivity index (χ3v) is 12.2. The molecule has 7 heteroatoms.